The molecule has 1 heterocycles. The normalized spacial score (nSPS) is 28.4. The molecule has 7 heteroatoms. The Morgan fingerprint density at radius 1 is 1.42 bits per heavy atom. The molecule has 1 saturated carbocycles. The number of rotatable bonds is 4. The molecule has 1 fully saturated rings. The van der Waals surface area contributed by atoms with E-state index in [-0.39, 0.29) is 12.1 Å². The topological polar surface area (TPSA) is 75.4 Å². The molecule has 1 aliphatic carbocycles. The van der Waals surface area contributed by atoms with Gasteiger partial charge >= 0.3 is 0 Å². The van der Waals surface area contributed by atoms with Crippen LogP contribution in [0.1, 0.15) is 32.7 Å². The molecule has 1 N–H and O–H groups in total. The molecule has 0 spiro atoms. The number of aliphatic hydroxyl groups excluding tert-OH is 1. The van der Waals surface area contributed by atoms with E-state index in [0.717, 1.165) is 6.42 Å². The van der Waals surface area contributed by atoms with Gasteiger partial charge in [-0.1, -0.05) is 0 Å². The third-order valence-electron chi connectivity index (χ3n) is 3.92. The van der Waals surface area contributed by atoms with Crippen molar-refractivity contribution in [1.82, 2.24) is 13.9 Å². The van der Waals surface area contributed by atoms with Crippen molar-refractivity contribution in [1.29, 1.82) is 0 Å². The minimum atomic E-state index is -3.34. The quantitative estimate of drug-likeness (QED) is 0.880. The average molecular weight is 287 g/mol. The lowest BCUT2D eigenvalue weighted by Crippen LogP contribution is -2.45. The van der Waals surface area contributed by atoms with Gasteiger partial charge in [-0.25, -0.2) is 13.4 Å². The van der Waals surface area contributed by atoms with Crippen LogP contribution >= 0.6 is 0 Å². The molecule has 0 bridgehead atoms. The lowest BCUT2D eigenvalue weighted by atomic mass is 10.2. The van der Waals surface area contributed by atoms with Crippen LogP contribution in [0, 0.1) is 0 Å². The van der Waals surface area contributed by atoms with Gasteiger partial charge in [-0.3, -0.25) is 0 Å². The first-order valence-corrected chi connectivity index (χ1v) is 7.98. The highest BCUT2D eigenvalue weighted by Crippen LogP contribution is 2.34. The molecule has 1 aromatic heterocycles. The van der Waals surface area contributed by atoms with Crippen LogP contribution in [-0.4, -0.2) is 51.8 Å². The summed E-state index contributed by atoms with van der Waals surface area (Å²) in [5, 5.41) is 9.91. The highest BCUT2D eigenvalue weighted by atomic mass is 32.2. The van der Waals surface area contributed by atoms with Gasteiger partial charge in [0.15, 0.2) is 0 Å². The number of nitrogens with zero attached hydrogens (tertiary/aromatic N) is 3. The zero-order valence-electron chi connectivity index (χ0n) is 11.5. The second-order valence-electron chi connectivity index (χ2n) is 5.32. The Bertz CT molecular complexity index is 512. The molecule has 3 atom stereocenters. The van der Waals surface area contributed by atoms with Gasteiger partial charge < -0.3 is 9.67 Å². The molecule has 2 rings (SSSR count). The Morgan fingerprint density at radius 3 is 2.63 bits per heavy atom. The van der Waals surface area contributed by atoms with Gasteiger partial charge in [0, 0.05) is 19.4 Å². The van der Waals surface area contributed by atoms with Crippen LogP contribution < -0.4 is 0 Å². The van der Waals surface area contributed by atoms with Crippen LogP contribution in [0.2, 0.25) is 0 Å². The van der Waals surface area contributed by atoms with Crippen LogP contribution in [-0.2, 0) is 10.0 Å². The molecule has 1 aliphatic rings. The van der Waals surface area contributed by atoms with Crippen LogP contribution in [0.5, 0.6) is 0 Å². The molecule has 19 heavy (non-hydrogen) atoms. The number of hydrogen-bond donors (Lipinski definition) is 1. The SMILES string of the molecule is CC(C)S(=O)(=O)N(C)[C@@H]1CC[C@@H](n2ccnc2)[C@@H]1O. The first-order valence-electron chi connectivity index (χ1n) is 6.48. The molecule has 0 aromatic carbocycles. The van der Waals surface area contributed by atoms with E-state index in [1.807, 2.05) is 4.57 Å². The molecule has 1 aromatic rings. The molecule has 0 unspecified atom stereocenters. The van der Waals surface area contributed by atoms with E-state index in [1.165, 1.54) is 4.31 Å². The number of aromatic nitrogens is 2. The molecular formula is C12H21N3O3S. The number of aliphatic hydroxyl groups is 1. The second kappa shape index (κ2) is 5.22. The van der Waals surface area contributed by atoms with E-state index in [1.54, 1.807) is 39.6 Å². The van der Waals surface area contributed by atoms with Gasteiger partial charge in [-0.15, -0.1) is 0 Å². The smallest absolute Gasteiger partial charge is 0.216 e. The fraction of sp³-hybridized carbons (Fsp3) is 0.750. The van der Waals surface area contributed by atoms with Gasteiger partial charge in [0.2, 0.25) is 10.0 Å². The van der Waals surface area contributed by atoms with Crippen LogP contribution in [0.4, 0.5) is 0 Å². The first-order chi connectivity index (χ1) is 8.85. The molecule has 0 radical (unpaired) electrons. The zero-order chi connectivity index (χ0) is 14.2. The third kappa shape index (κ3) is 2.54. The van der Waals surface area contributed by atoms with Gasteiger partial charge in [0.05, 0.1) is 29.8 Å². The summed E-state index contributed by atoms with van der Waals surface area (Å²) in [6, 6.07) is -0.461. The highest BCUT2D eigenvalue weighted by molar-refractivity contribution is 7.89. The van der Waals surface area contributed by atoms with Gasteiger partial charge in [0.1, 0.15) is 0 Å². The van der Waals surface area contributed by atoms with Crippen molar-refractivity contribution >= 4 is 10.0 Å². The fourth-order valence-corrected chi connectivity index (χ4v) is 3.92. The minimum absolute atomic E-state index is 0.0997. The van der Waals surface area contributed by atoms with E-state index in [4.69, 9.17) is 0 Å². The van der Waals surface area contributed by atoms with Crippen LogP contribution in [0.3, 0.4) is 0 Å². The van der Waals surface area contributed by atoms with Gasteiger partial charge in [0.25, 0.3) is 0 Å². The largest absolute Gasteiger partial charge is 0.389 e. The maximum atomic E-state index is 12.2. The maximum Gasteiger partial charge on any atom is 0.216 e. The van der Waals surface area contributed by atoms with Crippen molar-refractivity contribution < 1.29 is 13.5 Å². The van der Waals surface area contributed by atoms with Crippen molar-refractivity contribution in [3.05, 3.63) is 18.7 Å². The van der Waals surface area contributed by atoms with Crippen LogP contribution in [0.15, 0.2) is 18.7 Å². The molecule has 0 saturated heterocycles. The highest BCUT2D eigenvalue weighted by Gasteiger charge is 2.42. The van der Waals surface area contributed by atoms with Crippen molar-refractivity contribution in [2.75, 3.05) is 7.05 Å². The Hall–Kier alpha value is -0.920. The standard InChI is InChI=1S/C12H21N3O3S/c1-9(2)19(17,18)14(3)10-4-5-11(12(10)16)15-7-6-13-8-15/h6-12,16H,4-5H2,1-3H3/t10-,11-,12-/m1/s1. The van der Waals surface area contributed by atoms with Crippen molar-refractivity contribution in [3.63, 3.8) is 0 Å². The summed E-state index contributed by atoms with van der Waals surface area (Å²) in [6.45, 7) is 3.31. The number of likely N-dealkylation sites (N-methyl/N-ethyl adjacent to an activating group) is 1. The van der Waals surface area contributed by atoms with E-state index in [9.17, 15) is 13.5 Å². The van der Waals surface area contributed by atoms with E-state index in [0.29, 0.717) is 6.42 Å². The van der Waals surface area contributed by atoms with Crippen molar-refractivity contribution in [2.24, 2.45) is 0 Å². The summed E-state index contributed by atoms with van der Waals surface area (Å²) in [4.78, 5) is 3.97. The van der Waals surface area contributed by atoms with E-state index >= 15 is 0 Å². The summed E-state index contributed by atoms with van der Waals surface area (Å²) < 4.78 is 27.5. The molecule has 108 valence electrons. The lowest BCUT2D eigenvalue weighted by molar-refractivity contribution is 0.0881. The summed E-state index contributed by atoms with van der Waals surface area (Å²) >= 11 is 0. The summed E-state index contributed by atoms with van der Waals surface area (Å²) in [5.41, 5.74) is 0. The third-order valence-corrected chi connectivity index (χ3v) is 6.18. The Morgan fingerprint density at radius 2 is 2.11 bits per heavy atom. The second-order valence-corrected chi connectivity index (χ2v) is 7.87. The maximum absolute atomic E-state index is 12.2. The summed E-state index contributed by atoms with van der Waals surface area (Å²) in [7, 11) is -1.78. The number of sulfonamides is 1. The molecule has 6 nitrogen and oxygen atoms in total. The molecule has 0 amide bonds. The number of imidazole rings is 1. The van der Waals surface area contributed by atoms with Crippen LogP contribution in [0.25, 0.3) is 0 Å². The Labute approximate surface area is 114 Å². The fourth-order valence-electron chi connectivity index (χ4n) is 2.65. The number of hydrogen-bond acceptors (Lipinski definition) is 4. The van der Waals surface area contributed by atoms with E-state index < -0.39 is 21.4 Å². The monoisotopic (exact) mass is 287 g/mol. The minimum Gasteiger partial charge on any atom is -0.389 e. The Kier molecular flexibility index (Phi) is 3.98. The van der Waals surface area contributed by atoms with Crippen molar-refractivity contribution in [2.45, 2.75) is 50.1 Å². The Balaban J connectivity index is 2.16. The summed E-state index contributed by atoms with van der Waals surface area (Å²) in [6.07, 6.45) is 5.83. The molecule has 0 aliphatic heterocycles. The average Bonchev–Trinajstić information content (AvgIpc) is 2.96. The van der Waals surface area contributed by atoms with E-state index in [2.05, 4.69) is 4.98 Å². The zero-order valence-corrected chi connectivity index (χ0v) is 12.3. The van der Waals surface area contributed by atoms with Gasteiger partial charge in [-0.05, 0) is 26.7 Å². The van der Waals surface area contributed by atoms with Gasteiger partial charge in [-0.2, -0.15) is 4.31 Å². The molecular weight excluding hydrogens is 266 g/mol. The van der Waals surface area contributed by atoms with Crippen molar-refractivity contribution in [3.8, 4) is 0 Å². The predicted molar refractivity (Wildman–Crippen MR) is 72.1 cm³/mol. The predicted octanol–water partition coefficient (Wildman–Crippen LogP) is 0.617. The lowest BCUT2D eigenvalue weighted by Gasteiger charge is -2.29. The summed E-state index contributed by atoms with van der Waals surface area (Å²) in [5.74, 6) is 0. The first kappa shape index (κ1) is 14.5.